The average molecular weight is 374 g/mol. The number of morpholine rings is 1. The Morgan fingerprint density at radius 3 is 2.81 bits per heavy atom. The van der Waals surface area contributed by atoms with Crippen LogP contribution in [0.2, 0.25) is 0 Å². The largest absolute Gasteiger partial charge is 0.378 e. The number of aromatic nitrogens is 1. The fourth-order valence-electron chi connectivity index (χ4n) is 4.10. The number of aliphatic imine (C=N–C) groups is 1. The van der Waals surface area contributed by atoms with Gasteiger partial charge >= 0.3 is 0 Å². The van der Waals surface area contributed by atoms with E-state index < -0.39 is 0 Å². The van der Waals surface area contributed by atoms with Crippen molar-refractivity contribution in [2.45, 2.75) is 51.5 Å². The number of hydrogen-bond acceptors (Lipinski definition) is 4. The Labute approximate surface area is 163 Å². The number of anilines is 1. The van der Waals surface area contributed by atoms with Gasteiger partial charge in [-0.05, 0) is 24.8 Å². The van der Waals surface area contributed by atoms with Gasteiger partial charge in [0.15, 0.2) is 5.96 Å². The molecule has 0 bridgehead atoms. The molecule has 27 heavy (non-hydrogen) atoms. The Bertz CT molecular complexity index is 580. The second-order valence-corrected chi connectivity index (χ2v) is 7.58. The van der Waals surface area contributed by atoms with E-state index in [1.807, 2.05) is 19.3 Å². The highest BCUT2D eigenvalue weighted by molar-refractivity contribution is 5.79. The molecular formula is C21H35N5O. The highest BCUT2D eigenvalue weighted by Gasteiger charge is 2.16. The first-order chi connectivity index (χ1) is 13.4. The van der Waals surface area contributed by atoms with E-state index in [1.54, 1.807) is 0 Å². The first-order valence-corrected chi connectivity index (χ1v) is 10.6. The lowest BCUT2D eigenvalue weighted by atomic mass is 9.86. The Morgan fingerprint density at radius 1 is 1.22 bits per heavy atom. The second-order valence-electron chi connectivity index (χ2n) is 7.58. The molecule has 1 aliphatic carbocycles. The van der Waals surface area contributed by atoms with Gasteiger partial charge in [0.05, 0.1) is 13.2 Å². The average Bonchev–Trinajstić information content (AvgIpc) is 2.75. The Balaban J connectivity index is 1.42. The predicted octanol–water partition coefficient (Wildman–Crippen LogP) is 2.94. The van der Waals surface area contributed by atoms with Crippen LogP contribution in [-0.2, 0) is 11.3 Å². The van der Waals surface area contributed by atoms with Crippen LogP contribution in [0.3, 0.4) is 0 Å². The smallest absolute Gasteiger partial charge is 0.191 e. The minimum absolute atomic E-state index is 0.725. The molecule has 1 aromatic heterocycles. The van der Waals surface area contributed by atoms with Crippen LogP contribution in [0.15, 0.2) is 23.3 Å². The van der Waals surface area contributed by atoms with Crippen molar-refractivity contribution in [2.75, 3.05) is 44.8 Å². The topological polar surface area (TPSA) is 61.8 Å². The maximum atomic E-state index is 5.46. The van der Waals surface area contributed by atoms with Gasteiger partial charge in [-0.2, -0.15) is 0 Å². The lowest BCUT2D eigenvalue weighted by Gasteiger charge is -2.29. The zero-order valence-electron chi connectivity index (χ0n) is 16.8. The molecule has 3 rings (SSSR count). The Hall–Kier alpha value is -1.82. The molecule has 1 saturated heterocycles. The molecule has 150 valence electrons. The Morgan fingerprint density at radius 2 is 2.04 bits per heavy atom. The number of pyridine rings is 1. The molecule has 1 aliphatic heterocycles. The summed E-state index contributed by atoms with van der Waals surface area (Å²) in [7, 11) is 1.84. The third kappa shape index (κ3) is 6.38. The number of nitrogens with zero attached hydrogens (tertiary/aromatic N) is 3. The van der Waals surface area contributed by atoms with E-state index >= 15 is 0 Å². The van der Waals surface area contributed by atoms with Crippen LogP contribution in [0.25, 0.3) is 0 Å². The summed E-state index contributed by atoms with van der Waals surface area (Å²) >= 11 is 0. The van der Waals surface area contributed by atoms with Crippen LogP contribution in [-0.4, -0.2) is 50.8 Å². The monoisotopic (exact) mass is 373 g/mol. The fourth-order valence-corrected chi connectivity index (χ4v) is 4.10. The third-order valence-electron chi connectivity index (χ3n) is 5.65. The van der Waals surface area contributed by atoms with Crippen molar-refractivity contribution in [3.63, 3.8) is 0 Å². The molecule has 0 radical (unpaired) electrons. The van der Waals surface area contributed by atoms with Crippen molar-refractivity contribution < 1.29 is 4.74 Å². The van der Waals surface area contributed by atoms with Gasteiger partial charge < -0.3 is 20.3 Å². The minimum Gasteiger partial charge on any atom is -0.378 e. The molecule has 0 spiro atoms. The van der Waals surface area contributed by atoms with Crippen molar-refractivity contribution in [1.82, 2.24) is 15.6 Å². The molecule has 0 aromatic carbocycles. The van der Waals surface area contributed by atoms with E-state index in [1.165, 1.54) is 50.5 Å². The van der Waals surface area contributed by atoms with Gasteiger partial charge in [0, 0.05) is 45.0 Å². The number of rotatable bonds is 7. The van der Waals surface area contributed by atoms with E-state index in [9.17, 15) is 0 Å². The molecule has 6 heteroatoms. The molecule has 0 amide bonds. The molecule has 0 atom stereocenters. The van der Waals surface area contributed by atoms with Crippen LogP contribution < -0.4 is 15.5 Å². The van der Waals surface area contributed by atoms with Gasteiger partial charge in [0.2, 0.25) is 0 Å². The molecule has 6 nitrogen and oxygen atoms in total. The zero-order valence-corrected chi connectivity index (χ0v) is 16.8. The van der Waals surface area contributed by atoms with Gasteiger partial charge in [-0.15, -0.1) is 0 Å². The van der Waals surface area contributed by atoms with Crippen molar-refractivity contribution in [1.29, 1.82) is 0 Å². The van der Waals surface area contributed by atoms with E-state index in [-0.39, 0.29) is 0 Å². The summed E-state index contributed by atoms with van der Waals surface area (Å²) in [6, 6.07) is 4.14. The van der Waals surface area contributed by atoms with E-state index in [4.69, 9.17) is 4.74 Å². The Kier molecular flexibility index (Phi) is 8.21. The molecule has 2 N–H and O–H groups in total. The number of ether oxygens (including phenoxy) is 1. The fraction of sp³-hybridized carbons (Fsp3) is 0.714. The molecular weight excluding hydrogens is 338 g/mol. The van der Waals surface area contributed by atoms with E-state index in [0.717, 1.165) is 57.1 Å². The highest BCUT2D eigenvalue weighted by atomic mass is 16.5. The summed E-state index contributed by atoms with van der Waals surface area (Å²) in [6.07, 6.45) is 11.6. The number of nitrogens with one attached hydrogen (secondary N) is 2. The van der Waals surface area contributed by atoms with E-state index in [0.29, 0.717) is 0 Å². The summed E-state index contributed by atoms with van der Waals surface area (Å²) in [5, 5.41) is 6.91. The molecule has 2 aliphatic rings. The van der Waals surface area contributed by atoms with Crippen molar-refractivity contribution in [3.8, 4) is 0 Å². The number of hydrogen-bond donors (Lipinski definition) is 2. The standard InChI is InChI=1S/C21H35N5O/c1-22-21(24-12-5-9-18-7-3-2-4-8-18)25-17-19-10-6-11-23-20(19)26-13-15-27-16-14-26/h6,10-11,18H,2-5,7-9,12-17H2,1H3,(H2,22,24,25). The second kappa shape index (κ2) is 11.1. The van der Waals surface area contributed by atoms with Gasteiger partial charge in [-0.25, -0.2) is 4.98 Å². The van der Waals surface area contributed by atoms with E-state index in [2.05, 4.69) is 31.6 Å². The SMILES string of the molecule is CN=C(NCCCC1CCCCC1)NCc1cccnc1N1CCOCC1. The first kappa shape index (κ1) is 19.9. The molecule has 2 fully saturated rings. The van der Waals surface area contributed by atoms with Crippen LogP contribution >= 0.6 is 0 Å². The summed E-state index contributed by atoms with van der Waals surface area (Å²) in [5.74, 6) is 2.87. The summed E-state index contributed by atoms with van der Waals surface area (Å²) in [5.41, 5.74) is 1.20. The minimum atomic E-state index is 0.725. The van der Waals surface area contributed by atoms with Crippen molar-refractivity contribution in [2.24, 2.45) is 10.9 Å². The van der Waals surface area contributed by atoms with Crippen LogP contribution in [0.4, 0.5) is 5.82 Å². The van der Waals surface area contributed by atoms with Gasteiger partial charge in [-0.1, -0.05) is 38.2 Å². The molecule has 1 saturated carbocycles. The molecule has 0 unspecified atom stereocenters. The van der Waals surface area contributed by atoms with Crippen LogP contribution in [0.5, 0.6) is 0 Å². The predicted molar refractivity (Wildman–Crippen MR) is 111 cm³/mol. The lowest BCUT2D eigenvalue weighted by Crippen LogP contribution is -2.39. The summed E-state index contributed by atoms with van der Waals surface area (Å²) < 4.78 is 5.46. The van der Waals surface area contributed by atoms with Gasteiger partial charge in [-0.3, -0.25) is 4.99 Å². The van der Waals surface area contributed by atoms with Crippen molar-refractivity contribution >= 4 is 11.8 Å². The zero-order chi connectivity index (χ0) is 18.7. The lowest BCUT2D eigenvalue weighted by molar-refractivity contribution is 0.122. The van der Waals surface area contributed by atoms with Crippen LogP contribution in [0.1, 0.15) is 50.5 Å². The number of guanidine groups is 1. The quantitative estimate of drug-likeness (QED) is 0.437. The third-order valence-corrected chi connectivity index (χ3v) is 5.65. The maximum Gasteiger partial charge on any atom is 0.191 e. The summed E-state index contributed by atoms with van der Waals surface area (Å²) in [4.78, 5) is 11.3. The normalized spacial score (nSPS) is 19.1. The van der Waals surface area contributed by atoms with Gasteiger partial charge in [0.1, 0.15) is 5.82 Å². The van der Waals surface area contributed by atoms with Crippen molar-refractivity contribution in [3.05, 3.63) is 23.9 Å². The molecule has 2 heterocycles. The van der Waals surface area contributed by atoms with Crippen LogP contribution in [0, 0.1) is 5.92 Å². The van der Waals surface area contributed by atoms with Gasteiger partial charge in [0.25, 0.3) is 0 Å². The first-order valence-electron chi connectivity index (χ1n) is 10.6. The molecule has 1 aromatic rings. The summed E-state index contributed by atoms with van der Waals surface area (Å²) in [6.45, 7) is 5.06. The highest BCUT2D eigenvalue weighted by Crippen LogP contribution is 2.26. The maximum absolute atomic E-state index is 5.46.